The van der Waals surface area contributed by atoms with E-state index in [0.29, 0.717) is 6.07 Å². The van der Waals surface area contributed by atoms with Crippen LogP contribution in [-0.4, -0.2) is 30.9 Å². The molecule has 0 spiro atoms. The summed E-state index contributed by atoms with van der Waals surface area (Å²) < 4.78 is 44.0. The van der Waals surface area contributed by atoms with E-state index >= 15 is 0 Å². The highest BCUT2D eigenvalue weighted by Gasteiger charge is 2.13. The van der Waals surface area contributed by atoms with Crippen molar-refractivity contribution < 1.29 is 32.3 Å². The van der Waals surface area contributed by atoms with E-state index in [2.05, 4.69) is 10.6 Å². The van der Waals surface area contributed by atoms with Crippen molar-refractivity contribution in [1.29, 1.82) is 0 Å². The Labute approximate surface area is 162 Å². The highest BCUT2D eigenvalue weighted by molar-refractivity contribution is 6.31. The number of amides is 2. The van der Waals surface area contributed by atoms with Crippen molar-refractivity contribution in [3.05, 3.63) is 64.4 Å². The van der Waals surface area contributed by atoms with Gasteiger partial charge in [-0.25, -0.2) is 13.2 Å². The molecular formula is C18H14ClF3N2O4. The smallest absolute Gasteiger partial charge is 0.308 e. The summed E-state index contributed by atoms with van der Waals surface area (Å²) in [4.78, 5) is 35.0. The van der Waals surface area contributed by atoms with E-state index in [1.165, 1.54) is 12.1 Å². The maximum atomic E-state index is 13.5. The molecule has 2 aromatic rings. The lowest BCUT2D eigenvalue weighted by molar-refractivity contribution is -0.147. The van der Waals surface area contributed by atoms with Gasteiger partial charge in [-0.2, -0.15) is 0 Å². The van der Waals surface area contributed by atoms with E-state index in [9.17, 15) is 27.6 Å². The average molecular weight is 415 g/mol. The number of benzene rings is 2. The first-order chi connectivity index (χ1) is 13.3. The molecule has 0 aliphatic rings. The van der Waals surface area contributed by atoms with Crippen LogP contribution in [0.2, 0.25) is 5.02 Å². The predicted octanol–water partition coefficient (Wildman–Crippen LogP) is 3.06. The molecule has 148 valence electrons. The molecule has 10 heteroatoms. The van der Waals surface area contributed by atoms with Crippen LogP contribution < -0.4 is 10.6 Å². The van der Waals surface area contributed by atoms with Gasteiger partial charge in [0.25, 0.3) is 11.8 Å². The highest BCUT2D eigenvalue weighted by atomic mass is 35.5. The lowest BCUT2D eigenvalue weighted by Crippen LogP contribution is -2.28. The van der Waals surface area contributed by atoms with Crippen LogP contribution in [0.5, 0.6) is 0 Å². The third-order valence-electron chi connectivity index (χ3n) is 3.36. The zero-order valence-corrected chi connectivity index (χ0v) is 15.0. The molecule has 0 bridgehead atoms. The number of rotatable bonds is 7. The van der Waals surface area contributed by atoms with E-state index in [-0.39, 0.29) is 29.2 Å². The monoisotopic (exact) mass is 414 g/mol. The third-order valence-corrected chi connectivity index (χ3v) is 3.65. The van der Waals surface area contributed by atoms with Crippen molar-refractivity contribution in [3.63, 3.8) is 0 Å². The molecule has 0 fully saturated rings. The molecule has 0 heterocycles. The molecule has 0 atom stereocenters. The van der Waals surface area contributed by atoms with Crippen molar-refractivity contribution in [1.82, 2.24) is 5.32 Å². The number of nitrogens with one attached hydrogen (secondary N) is 2. The fourth-order valence-electron chi connectivity index (χ4n) is 2.04. The first-order valence-corrected chi connectivity index (χ1v) is 8.28. The molecule has 0 saturated carbocycles. The summed E-state index contributed by atoms with van der Waals surface area (Å²) in [7, 11) is 0. The van der Waals surface area contributed by atoms with Gasteiger partial charge in [0, 0.05) is 18.3 Å². The molecule has 2 N–H and O–H groups in total. The Hall–Kier alpha value is -3.07. The van der Waals surface area contributed by atoms with Gasteiger partial charge in [-0.05, 0) is 30.3 Å². The Morgan fingerprint density at radius 3 is 2.43 bits per heavy atom. The fourth-order valence-corrected chi connectivity index (χ4v) is 2.22. The molecular weight excluding hydrogens is 401 g/mol. The first kappa shape index (κ1) is 21.2. The van der Waals surface area contributed by atoms with E-state index in [4.69, 9.17) is 16.3 Å². The van der Waals surface area contributed by atoms with Crippen molar-refractivity contribution in [3.8, 4) is 0 Å². The number of carbonyl (C=O) groups excluding carboxylic acids is 3. The van der Waals surface area contributed by atoms with Gasteiger partial charge in [-0.3, -0.25) is 14.4 Å². The van der Waals surface area contributed by atoms with Crippen LogP contribution in [0, 0.1) is 17.5 Å². The number of halogens is 4. The molecule has 0 saturated heterocycles. The summed E-state index contributed by atoms with van der Waals surface area (Å²) in [5, 5.41) is 4.46. The van der Waals surface area contributed by atoms with Crippen molar-refractivity contribution >= 4 is 35.1 Å². The van der Waals surface area contributed by atoms with Gasteiger partial charge in [0.1, 0.15) is 17.5 Å². The minimum absolute atomic E-state index is 0.177. The molecule has 2 rings (SSSR count). The minimum atomic E-state index is -1.03. The number of hydrogen-bond acceptors (Lipinski definition) is 4. The molecule has 0 aromatic heterocycles. The van der Waals surface area contributed by atoms with Crippen LogP contribution in [-0.2, 0) is 14.3 Å². The molecule has 2 aromatic carbocycles. The maximum Gasteiger partial charge on any atom is 0.308 e. The fraction of sp³-hybridized carbons (Fsp3) is 0.167. The second kappa shape index (κ2) is 9.75. The molecule has 2 amide bonds. The van der Waals surface area contributed by atoms with Crippen molar-refractivity contribution in [2.24, 2.45) is 0 Å². The predicted molar refractivity (Wildman–Crippen MR) is 94.3 cm³/mol. The van der Waals surface area contributed by atoms with Gasteiger partial charge in [-0.15, -0.1) is 0 Å². The third kappa shape index (κ3) is 6.27. The zero-order valence-electron chi connectivity index (χ0n) is 14.2. The topological polar surface area (TPSA) is 84.5 Å². The summed E-state index contributed by atoms with van der Waals surface area (Å²) in [5.74, 6) is -4.78. The van der Waals surface area contributed by atoms with Gasteiger partial charge < -0.3 is 15.4 Å². The number of carbonyl (C=O) groups is 3. The van der Waals surface area contributed by atoms with Gasteiger partial charge in [0.15, 0.2) is 6.61 Å². The SMILES string of the molecule is O=C(COC(=O)CCNC(=O)c1ccc(F)cc1F)Nc1ccc(F)c(Cl)c1. The Balaban J connectivity index is 1.71. The Morgan fingerprint density at radius 1 is 1.00 bits per heavy atom. The normalized spacial score (nSPS) is 10.3. The average Bonchev–Trinajstić information content (AvgIpc) is 2.63. The molecule has 0 radical (unpaired) electrons. The number of hydrogen-bond donors (Lipinski definition) is 2. The van der Waals surface area contributed by atoms with E-state index in [1.54, 1.807) is 0 Å². The van der Waals surface area contributed by atoms with Gasteiger partial charge in [0.2, 0.25) is 0 Å². The Bertz CT molecular complexity index is 908. The van der Waals surface area contributed by atoms with Gasteiger partial charge in [0.05, 0.1) is 17.0 Å². The zero-order chi connectivity index (χ0) is 20.7. The van der Waals surface area contributed by atoms with Crippen molar-refractivity contribution in [2.45, 2.75) is 6.42 Å². The minimum Gasteiger partial charge on any atom is -0.456 e. The van der Waals surface area contributed by atoms with Gasteiger partial charge in [-0.1, -0.05) is 11.6 Å². The van der Waals surface area contributed by atoms with Gasteiger partial charge >= 0.3 is 5.97 Å². The highest BCUT2D eigenvalue weighted by Crippen LogP contribution is 2.19. The molecule has 0 aliphatic heterocycles. The summed E-state index contributed by atoms with van der Waals surface area (Å²) >= 11 is 5.58. The lowest BCUT2D eigenvalue weighted by atomic mass is 10.2. The van der Waals surface area contributed by atoms with Crippen molar-refractivity contribution in [2.75, 3.05) is 18.5 Å². The van der Waals surface area contributed by atoms with Crippen LogP contribution >= 0.6 is 11.6 Å². The van der Waals surface area contributed by atoms with Crippen LogP contribution in [0.15, 0.2) is 36.4 Å². The van der Waals surface area contributed by atoms with Crippen LogP contribution in [0.25, 0.3) is 0 Å². The standard InChI is InChI=1S/C18H14ClF3N2O4/c19-13-8-11(2-4-14(13)21)24-16(25)9-28-17(26)5-6-23-18(27)12-3-1-10(20)7-15(12)22/h1-4,7-8H,5-6,9H2,(H,23,27)(H,24,25). The van der Waals surface area contributed by atoms with Crippen LogP contribution in [0.1, 0.15) is 16.8 Å². The quantitative estimate of drug-likeness (QED) is 0.682. The number of ether oxygens (including phenoxy) is 1. The van der Waals surface area contributed by atoms with Crippen LogP contribution in [0.3, 0.4) is 0 Å². The lowest BCUT2D eigenvalue weighted by Gasteiger charge is -2.08. The number of anilines is 1. The molecule has 0 unspecified atom stereocenters. The Kier molecular flexibility index (Phi) is 7.39. The molecule has 6 nitrogen and oxygen atoms in total. The van der Waals surface area contributed by atoms with E-state index in [1.807, 2.05) is 0 Å². The second-order valence-electron chi connectivity index (χ2n) is 5.47. The maximum absolute atomic E-state index is 13.5. The van der Waals surface area contributed by atoms with E-state index < -0.39 is 41.8 Å². The second-order valence-corrected chi connectivity index (χ2v) is 5.88. The summed E-state index contributed by atoms with van der Waals surface area (Å²) in [5.41, 5.74) is -0.145. The summed E-state index contributed by atoms with van der Waals surface area (Å²) in [6.07, 6.45) is -0.274. The first-order valence-electron chi connectivity index (χ1n) is 7.90. The Morgan fingerprint density at radius 2 is 1.75 bits per heavy atom. The van der Waals surface area contributed by atoms with E-state index in [0.717, 1.165) is 18.2 Å². The summed E-state index contributed by atoms with van der Waals surface area (Å²) in [6.45, 7) is -0.780. The molecule has 28 heavy (non-hydrogen) atoms. The molecule has 0 aliphatic carbocycles. The largest absolute Gasteiger partial charge is 0.456 e. The van der Waals surface area contributed by atoms with Crippen LogP contribution in [0.4, 0.5) is 18.9 Å². The number of esters is 1. The summed E-state index contributed by atoms with van der Waals surface area (Å²) in [6, 6.07) is 6.02.